The summed E-state index contributed by atoms with van der Waals surface area (Å²) >= 11 is 0. The van der Waals surface area contributed by atoms with Crippen LogP contribution in [0.1, 0.15) is 79.1 Å². The van der Waals surface area contributed by atoms with Crippen molar-refractivity contribution in [2.75, 3.05) is 6.61 Å². The molecule has 3 aliphatic carbocycles. The zero-order chi connectivity index (χ0) is 24.5. The number of carbonyl (C=O) groups is 2. The Hall–Kier alpha value is -1.44. The summed E-state index contributed by atoms with van der Waals surface area (Å²) < 4.78 is 16.4. The van der Waals surface area contributed by atoms with E-state index in [4.69, 9.17) is 14.2 Å². The molecule has 190 valence electrons. The van der Waals surface area contributed by atoms with Gasteiger partial charge in [0.15, 0.2) is 6.29 Å². The van der Waals surface area contributed by atoms with Crippen molar-refractivity contribution in [1.29, 1.82) is 0 Å². The lowest BCUT2D eigenvalue weighted by Gasteiger charge is -2.68. The fourth-order valence-electron chi connectivity index (χ4n) is 9.31. The van der Waals surface area contributed by atoms with Gasteiger partial charge in [0.2, 0.25) is 6.29 Å². The maximum absolute atomic E-state index is 11.7. The average Bonchev–Trinajstić information content (AvgIpc) is 3.10. The first-order chi connectivity index (χ1) is 16.0. The van der Waals surface area contributed by atoms with Gasteiger partial charge in [-0.05, 0) is 73.5 Å². The summed E-state index contributed by atoms with van der Waals surface area (Å²) in [4.78, 5) is 23.3. The second-order valence-electron chi connectivity index (χ2n) is 12.5. The molecule has 2 aliphatic heterocycles. The third-order valence-corrected chi connectivity index (χ3v) is 10.7. The summed E-state index contributed by atoms with van der Waals surface area (Å²) in [7, 11) is 0. The lowest BCUT2D eigenvalue weighted by atomic mass is 9.38. The van der Waals surface area contributed by atoms with E-state index in [-0.39, 0.29) is 34.1 Å². The Kier molecular flexibility index (Phi) is 5.93. The zero-order valence-corrected chi connectivity index (χ0v) is 20.9. The molecule has 3 unspecified atom stereocenters. The molecule has 1 saturated heterocycles. The van der Waals surface area contributed by atoms with Crippen LogP contribution in [0.3, 0.4) is 0 Å². The molecule has 7 nitrogen and oxygen atoms in total. The van der Waals surface area contributed by atoms with Gasteiger partial charge < -0.3 is 24.4 Å². The van der Waals surface area contributed by atoms with Gasteiger partial charge in [-0.25, -0.2) is 4.79 Å². The standard InChI is InChI=1S/C27H40O7/c1-15(28)32-14-25(2)9-5-10-27(4)20(25)8-11-26(3)18-13-19(17-12-22(29)34-24(17)31)33-23(30)16(18)6-7-21(26)27/h12,16,18-21,23-24,30-31H,5-11,13-14H2,1-4H3/t16-,18+,19+,20-,21-,23?,24?,25?,26-,27-/m0/s1. The summed E-state index contributed by atoms with van der Waals surface area (Å²) in [6.45, 7) is 9.17. The van der Waals surface area contributed by atoms with E-state index in [2.05, 4.69) is 20.8 Å². The van der Waals surface area contributed by atoms with Crippen LogP contribution in [0.5, 0.6) is 0 Å². The minimum Gasteiger partial charge on any atom is -0.465 e. The molecule has 0 aromatic carbocycles. The van der Waals surface area contributed by atoms with Crippen molar-refractivity contribution in [3.63, 3.8) is 0 Å². The number of aliphatic hydroxyl groups is 2. The van der Waals surface area contributed by atoms with Crippen LogP contribution in [0.15, 0.2) is 11.6 Å². The number of esters is 2. The zero-order valence-electron chi connectivity index (χ0n) is 20.9. The topological polar surface area (TPSA) is 102 Å². The Morgan fingerprint density at radius 1 is 1.09 bits per heavy atom. The molecule has 7 heteroatoms. The molecule has 5 aliphatic rings. The molecule has 5 rings (SSSR count). The van der Waals surface area contributed by atoms with Crippen molar-refractivity contribution in [2.24, 2.45) is 39.9 Å². The van der Waals surface area contributed by atoms with Crippen molar-refractivity contribution < 1.29 is 34.0 Å². The third kappa shape index (κ3) is 3.65. The first-order valence-electron chi connectivity index (χ1n) is 13.0. The van der Waals surface area contributed by atoms with Crippen LogP contribution in [-0.2, 0) is 23.8 Å². The summed E-state index contributed by atoms with van der Waals surface area (Å²) in [6, 6.07) is 0. The van der Waals surface area contributed by atoms with E-state index in [0.29, 0.717) is 30.4 Å². The van der Waals surface area contributed by atoms with Gasteiger partial charge in [-0.1, -0.05) is 27.2 Å². The van der Waals surface area contributed by atoms with E-state index in [9.17, 15) is 19.8 Å². The highest BCUT2D eigenvalue weighted by Gasteiger charge is 2.64. The molecule has 2 heterocycles. The van der Waals surface area contributed by atoms with E-state index < -0.39 is 24.7 Å². The maximum Gasteiger partial charge on any atom is 0.333 e. The van der Waals surface area contributed by atoms with Gasteiger partial charge in [0.05, 0.1) is 12.7 Å². The number of cyclic esters (lactones) is 1. The maximum atomic E-state index is 11.7. The SMILES string of the molecule is CC(=O)OCC1(C)CCC[C@]2(C)[C@H]3CC[C@@H]4C(O)O[C@@H](C5=CC(=O)OC5O)C[C@H]4[C@]3(C)CC[C@@H]12. The molecule has 0 radical (unpaired) electrons. The summed E-state index contributed by atoms with van der Waals surface area (Å²) in [5.41, 5.74) is 0.603. The third-order valence-electron chi connectivity index (χ3n) is 10.7. The molecule has 2 N–H and O–H groups in total. The number of hydrogen-bond acceptors (Lipinski definition) is 7. The van der Waals surface area contributed by atoms with Crippen LogP contribution in [0.25, 0.3) is 0 Å². The lowest BCUT2D eigenvalue weighted by Crippen LogP contribution is -2.62. The molecular weight excluding hydrogens is 436 g/mol. The van der Waals surface area contributed by atoms with E-state index in [0.717, 1.165) is 38.5 Å². The molecule has 10 atom stereocenters. The summed E-state index contributed by atoms with van der Waals surface area (Å²) in [5, 5.41) is 21.2. The van der Waals surface area contributed by atoms with Crippen molar-refractivity contribution in [3.05, 3.63) is 11.6 Å². The Labute approximate surface area is 202 Å². The normalized spacial score (nSPS) is 50.4. The Morgan fingerprint density at radius 2 is 1.85 bits per heavy atom. The minimum atomic E-state index is -1.29. The van der Waals surface area contributed by atoms with Crippen LogP contribution in [-0.4, -0.2) is 47.4 Å². The highest BCUT2D eigenvalue weighted by molar-refractivity contribution is 5.85. The smallest absolute Gasteiger partial charge is 0.333 e. The van der Waals surface area contributed by atoms with Crippen molar-refractivity contribution in [2.45, 2.75) is 97.7 Å². The monoisotopic (exact) mass is 476 g/mol. The first kappa shape index (κ1) is 24.3. The fourth-order valence-corrected chi connectivity index (χ4v) is 9.31. The Morgan fingerprint density at radius 3 is 2.53 bits per heavy atom. The Bertz CT molecular complexity index is 884. The number of rotatable bonds is 3. The molecular formula is C27H40O7. The van der Waals surface area contributed by atoms with E-state index >= 15 is 0 Å². The quantitative estimate of drug-likeness (QED) is 0.599. The van der Waals surface area contributed by atoms with Crippen LogP contribution in [0.2, 0.25) is 0 Å². The fraction of sp³-hybridized carbons (Fsp3) is 0.852. The second-order valence-corrected chi connectivity index (χ2v) is 12.5. The number of ether oxygens (including phenoxy) is 3. The van der Waals surface area contributed by atoms with Crippen LogP contribution in [0, 0.1) is 39.9 Å². The number of hydrogen-bond donors (Lipinski definition) is 2. The molecule has 0 amide bonds. The molecule has 4 fully saturated rings. The molecule has 0 spiro atoms. The van der Waals surface area contributed by atoms with Gasteiger partial charge in [0, 0.05) is 29.9 Å². The molecule has 34 heavy (non-hydrogen) atoms. The molecule has 0 aromatic rings. The average molecular weight is 477 g/mol. The second kappa shape index (κ2) is 8.31. The molecule has 0 bridgehead atoms. The van der Waals surface area contributed by atoms with Crippen molar-refractivity contribution >= 4 is 11.9 Å². The molecule has 0 aromatic heterocycles. The van der Waals surface area contributed by atoms with Gasteiger partial charge in [0.1, 0.15) is 0 Å². The predicted octanol–water partition coefficient (Wildman–Crippen LogP) is 3.71. The highest BCUT2D eigenvalue weighted by Crippen LogP contribution is 2.70. The van der Waals surface area contributed by atoms with E-state index in [1.54, 1.807) is 0 Å². The predicted molar refractivity (Wildman–Crippen MR) is 123 cm³/mol. The van der Waals surface area contributed by atoms with E-state index in [1.807, 2.05) is 0 Å². The van der Waals surface area contributed by atoms with Gasteiger partial charge in [-0.2, -0.15) is 0 Å². The number of aliphatic hydroxyl groups excluding tert-OH is 2. The van der Waals surface area contributed by atoms with Crippen molar-refractivity contribution in [3.8, 4) is 0 Å². The lowest BCUT2D eigenvalue weighted by molar-refractivity contribution is -0.264. The minimum absolute atomic E-state index is 0.00889. The van der Waals surface area contributed by atoms with Crippen LogP contribution in [0.4, 0.5) is 0 Å². The number of carbonyl (C=O) groups excluding carboxylic acids is 2. The van der Waals surface area contributed by atoms with Gasteiger partial charge in [0.25, 0.3) is 0 Å². The highest BCUT2D eigenvalue weighted by atomic mass is 16.6. The summed E-state index contributed by atoms with van der Waals surface area (Å²) in [6.07, 6.45) is 6.82. The molecule has 3 saturated carbocycles. The van der Waals surface area contributed by atoms with Gasteiger partial charge in [-0.15, -0.1) is 0 Å². The largest absolute Gasteiger partial charge is 0.465 e. The van der Waals surface area contributed by atoms with Crippen molar-refractivity contribution in [1.82, 2.24) is 0 Å². The van der Waals surface area contributed by atoms with Crippen LogP contribution < -0.4 is 0 Å². The van der Waals surface area contributed by atoms with Crippen LogP contribution >= 0.6 is 0 Å². The summed E-state index contributed by atoms with van der Waals surface area (Å²) in [5.74, 6) is 0.532. The van der Waals surface area contributed by atoms with Gasteiger partial charge >= 0.3 is 11.9 Å². The first-order valence-corrected chi connectivity index (χ1v) is 13.0. The number of fused-ring (bicyclic) bond motifs is 5. The Balaban J connectivity index is 1.43. The van der Waals surface area contributed by atoms with Gasteiger partial charge in [-0.3, -0.25) is 4.79 Å². The van der Waals surface area contributed by atoms with E-state index in [1.165, 1.54) is 19.4 Å².